The topological polar surface area (TPSA) is 72.1 Å². The van der Waals surface area contributed by atoms with Crippen LogP contribution in [0.1, 0.15) is 26.7 Å². The van der Waals surface area contributed by atoms with Crippen molar-refractivity contribution >= 4 is 91.9 Å². The molecule has 0 saturated carbocycles. The first-order valence-electron chi connectivity index (χ1n) is 8.08. The Balaban J connectivity index is -0.000000108. The number of hydrogen-bond acceptors (Lipinski definition) is 4. The van der Waals surface area contributed by atoms with Gasteiger partial charge in [0.15, 0.2) is 0 Å². The summed E-state index contributed by atoms with van der Waals surface area (Å²) in [5.74, 6) is 2.79. The minimum absolute atomic E-state index is 0. The van der Waals surface area contributed by atoms with Gasteiger partial charge in [0.25, 0.3) is 0 Å². The highest BCUT2D eigenvalue weighted by atomic mass is 79.9. The zero-order chi connectivity index (χ0) is 18.8. The Hall–Kier alpha value is 1.34. The van der Waals surface area contributed by atoms with E-state index in [0.717, 1.165) is 39.3 Å². The standard InChI is InChI=1S/2C8H15Cl2NO.2BrH.H2O/c2*1-8(12)2-5-11(6-3-9)7-4-10;;;/h2*2-7H2,1H3;2*1H;1H2. The lowest BCUT2D eigenvalue weighted by molar-refractivity contribution is -0.118. The van der Waals surface area contributed by atoms with Crippen LogP contribution in [0.4, 0.5) is 0 Å². The molecule has 5 nitrogen and oxygen atoms in total. The molecule has 0 rings (SSSR count). The van der Waals surface area contributed by atoms with Crippen LogP contribution in [0.3, 0.4) is 0 Å². The number of halogens is 6. The summed E-state index contributed by atoms with van der Waals surface area (Å²) in [7, 11) is 0. The Morgan fingerprint density at radius 1 is 0.593 bits per heavy atom. The van der Waals surface area contributed by atoms with Crippen molar-refractivity contribution in [2.24, 2.45) is 0 Å². The van der Waals surface area contributed by atoms with Crippen molar-refractivity contribution in [3.8, 4) is 0 Å². The molecular weight excluding hydrogens is 570 g/mol. The molecule has 0 radical (unpaired) electrons. The first kappa shape index (κ1) is 38.9. The van der Waals surface area contributed by atoms with Crippen molar-refractivity contribution < 1.29 is 15.1 Å². The summed E-state index contributed by atoms with van der Waals surface area (Å²) in [5, 5.41) is 0. The van der Waals surface area contributed by atoms with Crippen molar-refractivity contribution in [2.45, 2.75) is 26.7 Å². The molecule has 0 aromatic rings. The Morgan fingerprint density at radius 3 is 0.963 bits per heavy atom. The van der Waals surface area contributed by atoms with Gasteiger partial charge in [-0.05, 0) is 13.8 Å². The van der Waals surface area contributed by atoms with Gasteiger partial charge in [-0.2, -0.15) is 0 Å². The molecule has 0 aromatic carbocycles. The van der Waals surface area contributed by atoms with Crippen molar-refractivity contribution in [2.75, 3.05) is 62.8 Å². The highest BCUT2D eigenvalue weighted by Crippen LogP contribution is 1.95. The molecule has 0 spiro atoms. The summed E-state index contributed by atoms with van der Waals surface area (Å²) in [5.41, 5.74) is 0. The zero-order valence-corrected chi connectivity index (χ0v) is 22.5. The molecule has 0 amide bonds. The van der Waals surface area contributed by atoms with Gasteiger partial charge in [-0.15, -0.1) is 80.4 Å². The van der Waals surface area contributed by atoms with E-state index in [4.69, 9.17) is 46.4 Å². The minimum atomic E-state index is 0. The molecular formula is C16H34Br2Cl4N2O3. The van der Waals surface area contributed by atoms with Crippen LogP contribution < -0.4 is 0 Å². The molecule has 0 heterocycles. The summed E-state index contributed by atoms with van der Waals surface area (Å²) >= 11 is 22.3. The lowest BCUT2D eigenvalue weighted by atomic mass is 10.3. The summed E-state index contributed by atoms with van der Waals surface area (Å²) in [6, 6.07) is 0. The predicted octanol–water partition coefficient (Wildman–Crippen LogP) is 3.82. The van der Waals surface area contributed by atoms with Crippen LogP contribution in [0, 0.1) is 0 Å². The van der Waals surface area contributed by atoms with E-state index in [1.54, 1.807) is 13.8 Å². The molecule has 0 atom stereocenters. The SMILES string of the molecule is Br.Br.CC(=O)CCN(CCCl)CCCl.CC(=O)CCN(CCCl)CCCl.O. The second-order valence-electron chi connectivity index (χ2n) is 5.34. The van der Waals surface area contributed by atoms with Crippen LogP contribution in [0.15, 0.2) is 0 Å². The lowest BCUT2D eigenvalue weighted by Crippen LogP contribution is -2.29. The molecule has 27 heavy (non-hydrogen) atoms. The van der Waals surface area contributed by atoms with Gasteiger partial charge in [0.1, 0.15) is 11.6 Å². The van der Waals surface area contributed by atoms with Crippen molar-refractivity contribution in [3.63, 3.8) is 0 Å². The normalized spacial score (nSPS) is 9.48. The molecule has 168 valence electrons. The van der Waals surface area contributed by atoms with Gasteiger partial charge in [0.2, 0.25) is 0 Å². The fraction of sp³-hybridized carbons (Fsp3) is 0.875. The largest absolute Gasteiger partial charge is 0.412 e. The zero-order valence-electron chi connectivity index (χ0n) is 16.0. The van der Waals surface area contributed by atoms with Crippen LogP contribution in [-0.4, -0.2) is 89.6 Å². The predicted molar refractivity (Wildman–Crippen MR) is 131 cm³/mol. The van der Waals surface area contributed by atoms with E-state index >= 15 is 0 Å². The highest BCUT2D eigenvalue weighted by Gasteiger charge is 2.04. The molecule has 2 N–H and O–H groups in total. The maximum atomic E-state index is 10.7. The quantitative estimate of drug-likeness (QED) is 0.283. The summed E-state index contributed by atoms with van der Waals surface area (Å²) < 4.78 is 0. The summed E-state index contributed by atoms with van der Waals surface area (Å²) in [6.07, 6.45) is 1.18. The van der Waals surface area contributed by atoms with Crippen LogP contribution >= 0.6 is 80.4 Å². The number of ketones is 2. The Kier molecular flexibility index (Phi) is 42.5. The second kappa shape index (κ2) is 29.5. The molecule has 0 aliphatic carbocycles. The average Bonchev–Trinajstić information content (AvgIpc) is 2.52. The molecule has 0 aliphatic heterocycles. The van der Waals surface area contributed by atoms with Gasteiger partial charge < -0.3 is 15.3 Å². The first-order chi connectivity index (χ1) is 11.4. The van der Waals surface area contributed by atoms with Crippen LogP contribution in [-0.2, 0) is 9.59 Å². The van der Waals surface area contributed by atoms with E-state index in [-0.39, 0.29) is 51.0 Å². The van der Waals surface area contributed by atoms with E-state index in [9.17, 15) is 9.59 Å². The van der Waals surface area contributed by atoms with Crippen molar-refractivity contribution in [3.05, 3.63) is 0 Å². The van der Waals surface area contributed by atoms with E-state index in [1.165, 1.54) is 0 Å². The van der Waals surface area contributed by atoms with Crippen molar-refractivity contribution in [1.29, 1.82) is 0 Å². The molecule has 0 aromatic heterocycles. The molecule has 0 unspecified atom stereocenters. The van der Waals surface area contributed by atoms with Crippen LogP contribution in [0.25, 0.3) is 0 Å². The van der Waals surface area contributed by atoms with E-state index in [2.05, 4.69) is 9.80 Å². The minimum Gasteiger partial charge on any atom is -0.412 e. The van der Waals surface area contributed by atoms with Gasteiger partial charge in [0, 0.05) is 75.6 Å². The summed E-state index contributed by atoms with van der Waals surface area (Å²) in [4.78, 5) is 25.5. The van der Waals surface area contributed by atoms with E-state index < -0.39 is 0 Å². The number of carbonyl (C=O) groups excluding carboxylic acids is 2. The maximum Gasteiger partial charge on any atom is 0.131 e. The third kappa shape index (κ3) is 32.2. The maximum absolute atomic E-state index is 10.7. The molecule has 0 fully saturated rings. The molecule has 0 aliphatic rings. The Morgan fingerprint density at radius 2 is 0.815 bits per heavy atom. The number of nitrogens with zero attached hydrogens (tertiary/aromatic N) is 2. The van der Waals surface area contributed by atoms with Gasteiger partial charge in [0.05, 0.1) is 0 Å². The third-order valence-corrected chi connectivity index (χ3v) is 3.84. The Labute approximate surface area is 205 Å². The smallest absolute Gasteiger partial charge is 0.131 e. The Bertz CT molecular complexity index is 292. The number of carbonyl (C=O) groups is 2. The molecule has 11 heteroatoms. The monoisotopic (exact) mass is 600 g/mol. The number of rotatable bonds is 14. The van der Waals surface area contributed by atoms with Crippen LogP contribution in [0.2, 0.25) is 0 Å². The fourth-order valence-electron chi connectivity index (χ4n) is 1.78. The second-order valence-corrected chi connectivity index (χ2v) is 6.86. The lowest BCUT2D eigenvalue weighted by Gasteiger charge is -2.18. The average molecular weight is 604 g/mol. The third-order valence-electron chi connectivity index (χ3n) is 3.16. The number of alkyl halides is 4. The summed E-state index contributed by atoms with van der Waals surface area (Å²) in [6.45, 7) is 7.97. The van der Waals surface area contributed by atoms with Crippen LogP contribution in [0.5, 0.6) is 0 Å². The first-order valence-corrected chi connectivity index (χ1v) is 10.2. The van der Waals surface area contributed by atoms with Gasteiger partial charge >= 0.3 is 0 Å². The number of hydrogen-bond donors (Lipinski definition) is 0. The molecule has 0 saturated heterocycles. The highest BCUT2D eigenvalue weighted by molar-refractivity contribution is 8.93. The number of Topliss-reactive ketones (excluding diaryl/α,β-unsaturated/α-hetero) is 2. The van der Waals surface area contributed by atoms with E-state index in [0.29, 0.717) is 36.4 Å². The van der Waals surface area contributed by atoms with Gasteiger partial charge in [-0.1, -0.05) is 0 Å². The van der Waals surface area contributed by atoms with Crippen molar-refractivity contribution in [1.82, 2.24) is 9.80 Å². The molecule has 0 bridgehead atoms. The fourth-order valence-corrected chi connectivity index (χ4v) is 2.74. The van der Waals surface area contributed by atoms with Gasteiger partial charge in [-0.25, -0.2) is 0 Å². The van der Waals surface area contributed by atoms with Gasteiger partial charge in [-0.3, -0.25) is 9.59 Å². The van der Waals surface area contributed by atoms with E-state index in [1.807, 2.05) is 0 Å².